The second-order valence-corrected chi connectivity index (χ2v) is 25.1. The van der Waals surface area contributed by atoms with Crippen LogP contribution in [0.25, 0.3) is 108 Å². The topological polar surface area (TPSA) is 310 Å². The molecule has 16 rings (SSSR count). The summed E-state index contributed by atoms with van der Waals surface area (Å²) in [4.78, 5) is 97.8. The number of carboxylic acids is 2. The van der Waals surface area contributed by atoms with Crippen LogP contribution in [0, 0.1) is 0 Å². The van der Waals surface area contributed by atoms with Crippen molar-refractivity contribution in [2.45, 2.75) is 39.5 Å². The smallest absolute Gasteiger partial charge is 0.346 e. The number of carbonyl (C=O) groups is 4. The number of amides is 2. The fraction of sp³-hybridized carbons (Fsp3) is 0.0952. The molecule has 508 valence electrons. The van der Waals surface area contributed by atoms with Gasteiger partial charge in [-0.15, -0.1) is 0 Å². The summed E-state index contributed by atoms with van der Waals surface area (Å²) in [6.07, 6.45) is 4.25. The van der Waals surface area contributed by atoms with Crippen LogP contribution in [0.3, 0.4) is 0 Å². The predicted molar refractivity (Wildman–Crippen MR) is 407 cm³/mol. The average Bonchev–Trinajstić information content (AvgIpc) is 1.74. The largest absolute Gasteiger partial charge is 0.478 e. The van der Waals surface area contributed by atoms with Crippen LogP contribution in [-0.4, -0.2) is 48.1 Å². The highest BCUT2D eigenvalue weighted by molar-refractivity contribution is 6.20. The minimum atomic E-state index is -1.33. The number of hydrogen-bond acceptors (Lipinski definition) is 15. The molecule has 0 aliphatic carbocycles. The van der Waals surface area contributed by atoms with Gasteiger partial charge in [-0.3, -0.25) is 9.59 Å². The maximum Gasteiger partial charge on any atom is 0.346 e. The predicted octanol–water partition coefficient (Wildman–Crippen LogP) is 16.8. The van der Waals surface area contributed by atoms with Crippen LogP contribution in [0.4, 0.5) is 22.7 Å². The Bertz CT molecular complexity index is 6270. The van der Waals surface area contributed by atoms with Crippen molar-refractivity contribution in [2.24, 2.45) is 0 Å². The normalized spacial score (nSPS) is 11.3. The Morgan fingerprint density at radius 1 is 0.359 bits per heavy atom. The number of nitrogens with two attached hydrogens (primary N) is 2. The van der Waals surface area contributed by atoms with E-state index in [1.807, 2.05) is 104 Å². The molecule has 9 N–H and O–H groups in total. The van der Waals surface area contributed by atoms with Crippen LogP contribution in [0.2, 0.25) is 0 Å². The van der Waals surface area contributed by atoms with E-state index in [1.165, 1.54) is 42.4 Å². The van der Waals surface area contributed by atoms with Gasteiger partial charge in [-0.1, -0.05) is 75.2 Å². The number of furan rings is 2. The Morgan fingerprint density at radius 3 is 1.12 bits per heavy atom. The zero-order valence-electron chi connectivity index (χ0n) is 55.9. The summed E-state index contributed by atoms with van der Waals surface area (Å²) >= 11 is 0. The molecule has 0 spiro atoms. The Balaban J connectivity index is 0.000000148. The summed E-state index contributed by atoms with van der Waals surface area (Å²) < 4.78 is 22.1. The molecule has 0 bridgehead atoms. The Kier molecular flexibility index (Phi) is 17.6. The van der Waals surface area contributed by atoms with Crippen LogP contribution >= 0.6 is 0 Å². The molecule has 2 aromatic heterocycles. The lowest BCUT2D eigenvalue weighted by Crippen LogP contribution is -2.21. The molecule has 0 aliphatic heterocycles. The minimum absolute atomic E-state index is 0.0214. The molecule has 2 heterocycles. The van der Waals surface area contributed by atoms with Crippen molar-refractivity contribution < 1.29 is 47.7 Å². The van der Waals surface area contributed by atoms with E-state index in [4.69, 9.17) is 20.9 Å². The highest BCUT2D eigenvalue weighted by Crippen LogP contribution is 2.42. The van der Waals surface area contributed by atoms with E-state index in [0.717, 1.165) is 108 Å². The molecule has 2 amide bonds. The third-order valence-electron chi connectivity index (χ3n) is 18.4. The van der Waals surface area contributed by atoms with Crippen LogP contribution in [0.5, 0.6) is 23.0 Å². The maximum absolute atomic E-state index is 13.8. The van der Waals surface area contributed by atoms with Gasteiger partial charge in [-0.2, -0.15) is 0 Å². The molecule has 14 aromatic carbocycles. The zero-order valence-corrected chi connectivity index (χ0v) is 55.9. The number of fused-ring (bicyclic) bond motifs is 12. The highest BCUT2D eigenvalue weighted by atomic mass is 16.5. The van der Waals surface area contributed by atoms with Crippen molar-refractivity contribution in [1.29, 1.82) is 0 Å². The van der Waals surface area contributed by atoms with E-state index in [2.05, 4.69) is 69.0 Å². The summed E-state index contributed by atoms with van der Waals surface area (Å²) in [5.74, 6) is -0.797. The van der Waals surface area contributed by atoms with Crippen molar-refractivity contribution in [2.75, 3.05) is 36.2 Å². The molecule has 0 unspecified atom stereocenters. The maximum atomic E-state index is 13.8. The second-order valence-electron chi connectivity index (χ2n) is 25.1. The Labute approximate surface area is 584 Å². The third kappa shape index (κ3) is 12.8. The SMILES string of the molecule is CCCc1ccc(Oc2c3ccc(N)cc3cc3cc(N)ccc23)cc1.CCCc1ccc(Oc2c3ccc(NC)cc3cc3cc(NC(=O)c4cc5ccc6cc(C(=O)NC)c(C(=O)O)cc6c5cc4C(=O)O)ccc23)cc1.O=c1oc(=O)c2cc3c(ccc4cc5c(=O)oc(=O)c5cc43)cc12. The van der Waals surface area contributed by atoms with E-state index in [1.54, 1.807) is 54.6 Å². The van der Waals surface area contributed by atoms with Gasteiger partial charge < -0.3 is 55.9 Å². The van der Waals surface area contributed by atoms with Crippen LogP contribution in [0.1, 0.15) is 79.2 Å². The number of nitrogens with one attached hydrogen (secondary N) is 3. The van der Waals surface area contributed by atoms with Crippen molar-refractivity contribution in [1.82, 2.24) is 5.32 Å². The number of nitrogen functional groups attached to an aromatic ring is 2. The number of rotatable bonds is 14. The first kappa shape index (κ1) is 66.5. The standard InChI is InChI=1S/C43H35N3O7.C23H22N2O.C18H6O6/c1-4-5-23-6-12-30(13-7-23)53-39-31-14-10-28(44-2)17-26(31)16-27-18-29(11-15-32(27)39)46-41(48)36-20-25-9-8-24-19-35(40(47)45-3)37(42(49)50)21-33(24)34(25)22-38(36)43(51)52;1-2-3-15-4-8-20(9-5-15)26-23-21-10-6-18(24)13-16(21)12-17-14-19(25)7-11-22(17)23;19-15-11-3-7-1-2-8-4-12-14(18(22)24-16(12)20)6-10(8)9(7)5-13(11)17(21)23-15/h6-22,44H,4-5H2,1-3H3,(H,45,47)(H,46,48)(H,49,50)(H,51,52);4-14H,2-3,24-25H2,1H3;1-6H. The van der Waals surface area contributed by atoms with Gasteiger partial charge in [0.05, 0.1) is 43.8 Å². The monoisotopic (exact) mass is 1370 g/mol. The summed E-state index contributed by atoms with van der Waals surface area (Å²) in [6, 6.07) is 62.7. The quantitative estimate of drug-likeness (QED) is 0.0302. The Morgan fingerprint density at radius 2 is 0.718 bits per heavy atom. The molecule has 0 saturated carbocycles. The van der Waals surface area contributed by atoms with E-state index < -0.39 is 46.3 Å². The lowest BCUT2D eigenvalue weighted by molar-refractivity contribution is 0.0683. The number of hydrogen-bond donors (Lipinski definition) is 7. The molecule has 16 aromatic rings. The molecule has 0 radical (unpaired) electrons. The number of carboxylic acid groups (broad SMARTS) is 2. The molecular weight excluding hydrogens is 1300 g/mol. The Hall–Kier alpha value is -13.7. The first-order chi connectivity index (χ1) is 49.7. The van der Waals surface area contributed by atoms with Crippen LogP contribution in [-0.2, 0) is 12.8 Å². The van der Waals surface area contributed by atoms with Crippen molar-refractivity contribution in [3.05, 3.63) is 281 Å². The number of anilines is 4. The van der Waals surface area contributed by atoms with Gasteiger partial charge in [0.1, 0.15) is 23.0 Å². The molecule has 0 fully saturated rings. The number of carbonyl (C=O) groups excluding carboxylic acids is 2. The lowest BCUT2D eigenvalue weighted by Gasteiger charge is -2.16. The van der Waals surface area contributed by atoms with Crippen molar-refractivity contribution >= 4 is 154 Å². The fourth-order valence-electron chi connectivity index (χ4n) is 13.4. The molecule has 19 nitrogen and oxygen atoms in total. The first-order valence-corrected chi connectivity index (χ1v) is 33.1. The number of aromatic carboxylic acids is 2. The molecule has 0 saturated heterocycles. The van der Waals surface area contributed by atoms with Crippen LogP contribution < -0.4 is 59.4 Å². The molecular formula is C84H63N5O14. The lowest BCUT2D eigenvalue weighted by atomic mass is 9.93. The summed E-state index contributed by atoms with van der Waals surface area (Å²) in [5.41, 5.74) is 14.1. The average molecular weight is 1370 g/mol. The van der Waals surface area contributed by atoms with E-state index >= 15 is 0 Å². The van der Waals surface area contributed by atoms with E-state index in [-0.39, 0.29) is 43.8 Å². The van der Waals surface area contributed by atoms with Gasteiger partial charge >= 0.3 is 34.4 Å². The summed E-state index contributed by atoms with van der Waals surface area (Å²) in [7, 11) is 3.26. The van der Waals surface area contributed by atoms with E-state index in [0.29, 0.717) is 49.5 Å². The molecule has 19 heteroatoms. The minimum Gasteiger partial charge on any atom is -0.478 e. The summed E-state index contributed by atoms with van der Waals surface area (Å²) in [6.45, 7) is 4.33. The number of aryl methyl sites for hydroxylation is 2. The second kappa shape index (κ2) is 27.2. The van der Waals surface area contributed by atoms with E-state index in [9.17, 15) is 48.6 Å². The third-order valence-corrected chi connectivity index (χ3v) is 18.4. The van der Waals surface area contributed by atoms with Crippen molar-refractivity contribution in [3.63, 3.8) is 0 Å². The number of ether oxygens (including phenoxy) is 2. The van der Waals surface area contributed by atoms with Gasteiger partial charge in [0.15, 0.2) is 0 Å². The zero-order chi connectivity index (χ0) is 72.1. The van der Waals surface area contributed by atoms with Gasteiger partial charge in [-0.25, -0.2) is 28.8 Å². The molecule has 103 heavy (non-hydrogen) atoms. The fourth-order valence-corrected chi connectivity index (χ4v) is 13.4. The first-order valence-electron chi connectivity index (χ1n) is 33.1. The highest BCUT2D eigenvalue weighted by Gasteiger charge is 2.24. The molecule has 0 atom stereocenters. The van der Waals surface area contributed by atoms with Gasteiger partial charge in [0.25, 0.3) is 11.8 Å². The van der Waals surface area contributed by atoms with Crippen LogP contribution in [0.15, 0.2) is 234 Å². The van der Waals surface area contributed by atoms with Crippen molar-refractivity contribution in [3.8, 4) is 23.0 Å². The number of benzene rings is 14. The van der Waals surface area contributed by atoms with Gasteiger partial charge in [0, 0.05) is 58.4 Å². The van der Waals surface area contributed by atoms with Gasteiger partial charge in [0.2, 0.25) is 0 Å². The van der Waals surface area contributed by atoms with Gasteiger partial charge in [-0.05, 0) is 246 Å². The summed E-state index contributed by atoms with van der Waals surface area (Å²) in [5, 5.41) is 41.8. The molecule has 0 aliphatic rings.